The van der Waals surface area contributed by atoms with Crippen LogP contribution >= 0.6 is 0 Å². The molecule has 0 saturated heterocycles. The van der Waals surface area contributed by atoms with Gasteiger partial charge in [0.25, 0.3) is 0 Å². The number of amides is 1. The van der Waals surface area contributed by atoms with Gasteiger partial charge < -0.3 is 15.0 Å². The number of aromatic amines is 1. The maximum Gasteiger partial charge on any atom is 0.326 e. The summed E-state index contributed by atoms with van der Waals surface area (Å²) in [6, 6.07) is -0.832. The number of unbranched alkanes of at least 4 members (excludes halogenated alkanes) is 1. The van der Waals surface area contributed by atoms with Crippen molar-refractivity contribution >= 4 is 11.9 Å². The van der Waals surface area contributed by atoms with Crippen molar-refractivity contribution in [2.75, 3.05) is 6.54 Å². The second kappa shape index (κ2) is 8.35. The Bertz CT molecular complexity index is 417. The van der Waals surface area contributed by atoms with E-state index < -0.39 is 12.0 Å². The largest absolute Gasteiger partial charge is 0.480 e. The van der Waals surface area contributed by atoms with Crippen LogP contribution in [0.1, 0.15) is 45.2 Å². The predicted molar refractivity (Wildman–Crippen MR) is 75.2 cm³/mol. The van der Waals surface area contributed by atoms with E-state index in [0.29, 0.717) is 13.0 Å². The lowest BCUT2D eigenvalue weighted by atomic mass is 10.1. The zero-order valence-corrected chi connectivity index (χ0v) is 12.1. The minimum Gasteiger partial charge on any atom is -0.480 e. The molecule has 0 spiro atoms. The monoisotopic (exact) mass is 281 g/mol. The standard InChI is InChI=1S/C14H23N3O3/c1-3-5-7-17(13(18)6-4-2)12(14(19)20)8-11-9-15-10-16-11/h9-10,12H,3-8H2,1-2H3,(H,15,16)(H,19,20). The van der Waals surface area contributed by atoms with Crippen LogP contribution in [0.4, 0.5) is 0 Å². The lowest BCUT2D eigenvalue weighted by Crippen LogP contribution is -2.46. The maximum atomic E-state index is 12.2. The van der Waals surface area contributed by atoms with Gasteiger partial charge in [0, 0.05) is 31.3 Å². The normalized spacial score (nSPS) is 12.1. The molecule has 1 amide bonds. The first kappa shape index (κ1) is 16.2. The molecule has 0 aliphatic heterocycles. The summed E-state index contributed by atoms with van der Waals surface area (Å²) >= 11 is 0. The molecule has 0 radical (unpaired) electrons. The summed E-state index contributed by atoms with van der Waals surface area (Å²) in [5, 5.41) is 9.43. The number of aliphatic carboxylic acids is 1. The fourth-order valence-electron chi connectivity index (χ4n) is 2.08. The first-order chi connectivity index (χ1) is 9.60. The van der Waals surface area contributed by atoms with Crippen LogP contribution in [-0.4, -0.2) is 44.4 Å². The molecule has 1 aromatic rings. The average Bonchev–Trinajstić information content (AvgIpc) is 2.91. The summed E-state index contributed by atoms with van der Waals surface area (Å²) in [6.07, 6.45) is 6.20. The number of carboxylic acids is 1. The Morgan fingerprint density at radius 2 is 2.15 bits per heavy atom. The van der Waals surface area contributed by atoms with E-state index in [4.69, 9.17) is 0 Å². The molecule has 0 fully saturated rings. The van der Waals surface area contributed by atoms with E-state index >= 15 is 0 Å². The van der Waals surface area contributed by atoms with E-state index in [1.54, 1.807) is 6.20 Å². The minimum atomic E-state index is -0.972. The Morgan fingerprint density at radius 3 is 2.65 bits per heavy atom. The van der Waals surface area contributed by atoms with E-state index in [2.05, 4.69) is 9.97 Å². The van der Waals surface area contributed by atoms with Crippen LogP contribution in [0.15, 0.2) is 12.5 Å². The number of rotatable bonds is 9. The first-order valence-electron chi connectivity index (χ1n) is 7.09. The van der Waals surface area contributed by atoms with Crippen molar-refractivity contribution in [2.24, 2.45) is 0 Å². The van der Waals surface area contributed by atoms with Gasteiger partial charge in [-0.15, -0.1) is 0 Å². The van der Waals surface area contributed by atoms with E-state index in [-0.39, 0.29) is 12.3 Å². The van der Waals surface area contributed by atoms with Crippen LogP contribution in [0.2, 0.25) is 0 Å². The molecule has 0 bridgehead atoms. The molecule has 1 atom stereocenters. The van der Waals surface area contributed by atoms with Crippen LogP contribution in [0.5, 0.6) is 0 Å². The summed E-state index contributed by atoms with van der Waals surface area (Å²) < 4.78 is 0. The van der Waals surface area contributed by atoms with E-state index in [1.165, 1.54) is 11.2 Å². The number of carbonyl (C=O) groups excluding carboxylic acids is 1. The maximum absolute atomic E-state index is 12.2. The van der Waals surface area contributed by atoms with Crippen molar-refractivity contribution in [1.82, 2.24) is 14.9 Å². The van der Waals surface area contributed by atoms with E-state index in [0.717, 1.165) is 25.0 Å². The molecular weight excluding hydrogens is 258 g/mol. The van der Waals surface area contributed by atoms with Gasteiger partial charge in [-0.3, -0.25) is 4.79 Å². The number of hydrogen-bond donors (Lipinski definition) is 2. The Balaban J connectivity index is 2.85. The number of hydrogen-bond acceptors (Lipinski definition) is 3. The van der Waals surface area contributed by atoms with Gasteiger partial charge in [-0.1, -0.05) is 20.3 Å². The Hall–Kier alpha value is -1.85. The Kier molecular flexibility index (Phi) is 6.76. The molecule has 1 unspecified atom stereocenters. The fraction of sp³-hybridized carbons (Fsp3) is 0.643. The zero-order valence-electron chi connectivity index (χ0n) is 12.1. The van der Waals surface area contributed by atoms with Crippen LogP contribution in [0, 0.1) is 0 Å². The first-order valence-corrected chi connectivity index (χ1v) is 7.09. The number of aromatic nitrogens is 2. The van der Waals surface area contributed by atoms with Crippen molar-refractivity contribution in [3.63, 3.8) is 0 Å². The highest BCUT2D eigenvalue weighted by Crippen LogP contribution is 2.12. The van der Waals surface area contributed by atoms with Gasteiger partial charge in [0.1, 0.15) is 6.04 Å². The summed E-state index contributed by atoms with van der Waals surface area (Å²) in [5.74, 6) is -1.06. The number of carboxylic acid groups (broad SMARTS) is 1. The van der Waals surface area contributed by atoms with Gasteiger partial charge in [-0.25, -0.2) is 9.78 Å². The molecule has 20 heavy (non-hydrogen) atoms. The highest BCUT2D eigenvalue weighted by atomic mass is 16.4. The quantitative estimate of drug-likeness (QED) is 0.723. The number of imidazole rings is 1. The molecule has 1 aromatic heterocycles. The minimum absolute atomic E-state index is 0.0899. The highest BCUT2D eigenvalue weighted by Gasteiger charge is 2.29. The third-order valence-corrected chi connectivity index (χ3v) is 3.17. The van der Waals surface area contributed by atoms with Crippen LogP contribution in [0.25, 0.3) is 0 Å². The van der Waals surface area contributed by atoms with Crippen LogP contribution in [0.3, 0.4) is 0 Å². The molecule has 0 aliphatic carbocycles. The van der Waals surface area contributed by atoms with Crippen molar-refractivity contribution in [3.8, 4) is 0 Å². The molecule has 112 valence electrons. The van der Waals surface area contributed by atoms with Crippen molar-refractivity contribution in [2.45, 2.75) is 52.0 Å². The fourth-order valence-corrected chi connectivity index (χ4v) is 2.08. The van der Waals surface area contributed by atoms with Gasteiger partial charge in [0.15, 0.2) is 0 Å². The number of carbonyl (C=O) groups is 2. The van der Waals surface area contributed by atoms with Crippen LogP contribution < -0.4 is 0 Å². The number of nitrogens with one attached hydrogen (secondary N) is 1. The SMILES string of the molecule is CCCCN(C(=O)CCC)C(Cc1cnc[nH]1)C(=O)O. The number of nitrogens with zero attached hydrogens (tertiary/aromatic N) is 2. The van der Waals surface area contributed by atoms with Gasteiger partial charge in [0.05, 0.1) is 6.33 Å². The molecule has 0 saturated carbocycles. The second-order valence-corrected chi connectivity index (χ2v) is 4.83. The molecule has 1 heterocycles. The smallest absolute Gasteiger partial charge is 0.326 e. The topological polar surface area (TPSA) is 86.3 Å². The van der Waals surface area contributed by atoms with Crippen molar-refractivity contribution in [3.05, 3.63) is 18.2 Å². The van der Waals surface area contributed by atoms with Gasteiger partial charge in [-0.05, 0) is 12.8 Å². The van der Waals surface area contributed by atoms with Gasteiger partial charge >= 0.3 is 5.97 Å². The third kappa shape index (κ3) is 4.68. The predicted octanol–water partition coefficient (Wildman–Crippen LogP) is 1.83. The zero-order chi connectivity index (χ0) is 15.0. The molecule has 2 N–H and O–H groups in total. The van der Waals surface area contributed by atoms with Gasteiger partial charge in [0.2, 0.25) is 5.91 Å². The lowest BCUT2D eigenvalue weighted by Gasteiger charge is -2.28. The summed E-state index contributed by atoms with van der Waals surface area (Å²) in [5.41, 5.74) is 0.725. The molecule has 6 nitrogen and oxygen atoms in total. The molecule has 6 heteroatoms. The molecule has 1 rings (SSSR count). The number of H-pyrrole nitrogens is 1. The summed E-state index contributed by atoms with van der Waals surface area (Å²) in [4.78, 5) is 31.9. The van der Waals surface area contributed by atoms with Crippen molar-refractivity contribution in [1.29, 1.82) is 0 Å². The van der Waals surface area contributed by atoms with Crippen LogP contribution in [-0.2, 0) is 16.0 Å². The average molecular weight is 281 g/mol. The third-order valence-electron chi connectivity index (χ3n) is 3.17. The lowest BCUT2D eigenvalue weighted by molar-refractivity contribution is -0.150. The van der Waals surface area contributed by atoms with Crippen molar-refractivity contribution < 1.29 is 14.7 Å². The second-order valence-electron chi connectivity index (χ2n) is 4.83. The Morgan fingerprint density at radius 1 is 1.40 bits per heavy atom. The highest BCUT2D eigenvalue weighted by molar-refractivity contribution is 5.83. The van der Waals surface area contributed by atoms with E-state index in [1.807, 2.05) is 13.8 Å². The van der Waals surface area contributed by atoms with E-state index in [9.17, 15) is 14.7 Å². The molecular formula is C14H23N3O3. The summed E-state index contributed by atoms with van der Waals surface area (Å²) in [7, 11) is 0. The Labute approximate surface area is 119 Å². The molecule has 0 aliphatic rings. The summed E-state index contributed by atoms with van der Waals surface area (Å²) in [6.45, 7) is 4.42. The molecule has 0 aromatic carbocycles. The van der Waals surface area contributed by atoms with Gasteiger partial charge in [-0.2, -0.15) is 0 Å².